The second-order valence-corrected chi connectivity index (χ2v) is 5.98. The lowest BCUT2D eigenvalue weighted by Crippen LogP contribution is -1.99. The third kappa shape index (κ3) is 2.56. The Bertz CT molecular complexity index is 816. The lowest BCUT2D eigenvalue weighted by atomic mass is 10.1. The third-order valence-electron chi connectivity index (χ3n) is 4.59. The summed E-state index contributed by atoms with van der Waals surface area (Å²) in [6.07, 6.45) is 1.78. The van der Waals surface area contributed by atoms with Crippen molar-refractivity contribution in [3.05, 3.63) is 47.0 Å². The van der Waals surface area contributed by atoms with Gasteiger partial charge >= 0.3 is 0 Å². The van der Waals surface area contributed by atoms with Crippen LogP contribution in [0.25, 0.3) is 16.5 Å². The molecule has 0 fully saturated rings. The van der Waals surface area contributed by atoms with Crippen LogP contribution in [-0.4, -0.2) is 21.4 Å². The topological polar surface area (TPSA) is 39.9 Å². The molecule has 0 aliphatic carbocycles. The Hall–Kier alpha value is -2.36. The van der Waals surface area contributed by atoms with Crippen LogP contribution in [0.2, 0.25) is 0 Å². The van der Waals surface area contributed by atoms with E-state index in [-0.39, 0.29) is 0 Å². The Labute approximate surface area is 143 Å². The fraction of sp³-hybridized carbons (Fsp3) is 0.400. The van der Waals surface area contributed by atoms with Crippen molar-refractivity contribution in [2.45, 2.75) is 47.5 Å². The van der Waals surface area contributed by atoms with Crippen molar-refractivity contribution in [3.63, 3.8) is 0 Å². The van der Waals surface area contributed by atoms with Crippen molar-refractivity contribution < 1.29 is 4.74 Å². The molecule has 0 saturated heterocycles. The van der Waals surface area contributed by atoms with E-state index in [9.17, 15) is 0 Å². The number of hydrogen-bond donors (Lipinski definition) is 0. The number of nitrogens with zero attached hydrogens (tertiary/aromatic N) is 3. The Morgan fingerprint density at radius 1 is 0.833 bits per heavy atom. The predicted octanol–water partition coefficient (Wildman–Crippen LogP) is 4.56. The van der Waals surface area contributed by atoms with Gasteiger partial charge in [-0.1, -0.05) is 13.8 Å². The van der Waals surface area contributed by atoms with Gasteiger partial charge in [0, 0.05) is 27.8 Å². The first-order chi connectivity index (χ1) is 11.6. The minimum absolute atomic E-state index is 0.682. The van der Waals surface area contributed by atoms with E-state index in [1.54, 1.807) is 0 Å². The summed E-state index contributed by atoms with van der Waals surface area (Å²) in [6, 6.07) is 8.28. The number of fused-ring (bicyclic) bond motifs is 1. The van der Waals surface area contributed by atoms with Gasteiger partial charge in [0.05, 0.1) is 18.0 Å². The molecule has 0 unspecified atom stereocenters. The van der Waals surface area contributed by atoms with Gasteiger partial charge in [0.25, 0.3) is 0 Å². The second kappa shape index (κ2) is 6.63. The Kier molecular flexibility index (Phi) is 4.56. The molecule has 2 aromatic heterocycles. The molecule has 0 amide bonds. The van der Waals surface area contributed by atoms with E-state index < -0.39 is 0 Å². The maximum atomic E-state index is 5.56. The van der Waals surface area contributed by atoms with Crippen LogP contribution >= 0.6 is 0 Å². The lowest BCUT2D eigenvalue weighted by molar-refractivity contribution is 0.340. The summed E-state index contributed by atoms with van der Waals surface area (Å²) in [7, 11) is 0. The smallest absolute Gasteiger partial charge is 0.119 e. The van der Waals surface area contributed by atoms with Gasteiger partial charge in [-0.05, 0) is 57.9 Å². The second-order valence-electron chi connectivity index (χ2n) is 5.98. The van der Waals surface area contributed by atoms with Gasteiger partial charge in [-0.3, -0.25) is 0 Å². The van der Waals surface area contributed by atoms with Crippen molar-refractivity contribution in [2.75, 3.05) is 6.61 Å². The molecule has 4 nitrogen and oxygen atoms in total. The van der Waals surface area contributed by atoms with E-state index in [1.165, 1.54) is 22.2 Å². The molecule has 2 heterocycles. The number of ether oxygens (including phenoxy) is 1. The maximum Gasteiger partial charge on any atom is 0.119 e. The zero-order chi connectivity index (χ0) is 17.3. The molecular weight excluding hydrogens is 298 g/mol. The molecule has 3 rings (SSSR count). The highest BCUT2D eigenvalue weighted by Crippen LogP contribution is 2.32. The van der Waals surface area contributed by atoms with Crippen LogP contribution in [0.4, 0.5) is 0 Å². The van der Waals surface area contributed by atoms with Gasteiger partial charge in [0.15, 0.2) is 0 Å². The van der Waals surface area contributed by atoms with Gasteiger partial charge in [0.2, 0.25) is 0 Å². The zero-order valence-electron chi connectivity index (χ0n) is 15.2. The normalized spacial score (nSPS) is 11.2. The molecule has 0 spiro atoms. The van der Waals surface area contributed by atoms with E-state index in [2.05, 4.69) is 54.6 Å². The van der Waals surface area contributed by atoms with Crippen molar-refractivity contribution in [2.24, 2.45) is 0 Å². The molecule has 0 saturated carbocycles. The summed E-state index contributed by atoms with van der Waals surface area (Å²) in [5, 5.41) is 11.4. The van der Waals surface area contributed by atoms with Gasteiger partial charge in [-0.25, -0.2) is 0 Å². The molecule has 0 radical (unpaired) electrons. The molecule has 1 aromatic carbocycles. The predicted molar refractivity (Wildman–Crippen MR) is 98.3 cm³/mol. The standard InChI is InChI=1S/C20H25N3O/c1-6-17-19-13(4)23(14(5)20(19)18(7-2)22-21-17)15-9-11-16(12-10-15)24-8-3/h9-12H,6-8H2,1-5H3. The van der Waals surface area contributed by atoms with Gasteiger partial charge < -0.3 is 9.30 Å². The summed E-state index contributed by atoms with van der Waals surface area (Å²) in [5.74, 6) is 0.903. The van der Waals surface area contributed by atoms with Crippen LogP contribution in [-0.2, 0) is 12.8 Å². The number of rotatable bonds is 5. The highest BCUT2D eigenvalue weighted by Gasteiger charge is 2.19. The summed E-state index contributed by atoms with van der Waals surface area (Å²) >= 11 is 0. The van der Waals surface area contributed by atoms with Crippen LogP contribution in [0, 0.1) is 13.8 Å². The van der Waals surface area contributed by atoms with Crippen LogP contribution < -0.4 is 4.74 Å². The SMILES string of the molecule is CCOc1ccc(-n2c(C)c3c(CC)nnc(CC)c3c2C)cc1. The first kappa shape index (κ1) is 16.5. The van der Waals surface area contributed by atoms with E-state index in [0.29, 0.717) is 6.61 Å². The van der Waals surface area contributed by atoms with Crippen LogP contribution in [0.3, 0.4) is 0 Å². The minimum atomic E-state index is 0.682. The largest absolute Gasteiger partial charge is 0.494 e. The van der Waals surface area contributed by atoms with Gasteiger partial charge in [-0.2, -0.15) is 10.2 Å². The van der Waals surface area contributed by atoms with Crippen molar-refractivity contribution in [1.82, 2.24) is 14.8 Å². The molecule has 4 heteroatoms. The number of aryl methyl sites for hydroxylation is 4. The summed E-state index contributed by atoms with van der Waals surface area (Å²) in [5.41, 5.74) is 5.76. The number of hydrogen-bond acceptors (Lipinski definition) is 3. The fourth-order valence-corrected chi connectivity index (χ4v) is 3.50. The van der Waals surface area contributed by atoms with Crippen LogP contribution in [0.5, 0.6) is 5.75 Å². The Morgan fingerprint density at radius 2 is 1.33 bits per heavy atom. The molecule has 3 aromatic rings. The Balaban J connectivity index is 2.25. The molecule has 0 aliphatic rings. The molecule has 0 N–H and O–H groups in total. The maximum absolute atomic E-state index is 5.56. The average molecular weight is 323 g/mol. The summed E-state index contributed by atoms with van der Waals surface area (Å²) in [4.78, 5) is 0. The molecule has 0 bridgehead atoms. The molecule has 126 valence electrons. The van der Waals surface area contributed by atoms with E-state index in [1.807, 2.05) is 19.1 Å². The third-order valence-corrected chi connectivity index (χ3v) is 4.59. The monoisotopic (exact) mass is 323 g/mol. The number of aromatic nitrogens is 3. The lowest BCUT2D eigenvalue weighted by Gasteiger charge is -2.10. The first-order valence-electron chi connectivity index (χ1n) is 8.71. The van der Waals surface area contributed by atoms with Crippen LogP contribution in [0.15, 0.2) is 24.3 Å². The molecule has 24 heavy (non-hydrogen) atoms. The Morgan fingerprint density at radius 3 is 1.75 bits per heavy atom. The molecule has 0 aliphatic heterocycles. The summed E-state index contributed by atoms with van der Waals surface area (Å²) < 4.78 is 7.87. The van der Waals surface area contributed by atoms with Crippen molar-refractivity contribution in [1.29, 1.82) is 0 Å². The average Bonchev–Trinajstić information content (AvgIpc) is 2.87. The van der Waals surface area contributed by atoms with E-state index in [0.717, 1.165) is 35.7 Å². The quantitative estimate of drug-likeness (QED) is 0.691. The van der Waals surface area contributed by atoms with E-state index >= 15 is 0 Å². The number of benzene rings is 1. The zero-order valence-corrected chi connectivity index (χ0v) is 15.2. The minimum Gasteiger partial charge on any atom is -0.494 e. The summed E-state index contributed by atoms with van der Waals surface area (Å²) in [6.45, 7) is 11.3. The first-order valence-corrected chi connectivity index (χ1v) is 8.71. The highest BCUT2D eigenvalue weighted by molar-refractivity contribution is 5.92. The van der Waals surface area contributed by atoms with Crippen molar-refractivity contribution >= 4 is 10.8 Å². The van der Waals surface area contributed by atoms with Gasteiger partial charge in [0.1, 0.15) is 5.75 Å². The fourth-order valence-electron chi connectivity index (χ4n) is 3.50. The van der Waals surface area contributed by atoms with E-state index in [4.69, 9.17) is 4.74 Å². The van der Waals surface area contributed by atoms with Gasteiger partial charge in [-0.15, -0.1) is 0 Å². The molecular formula is C20H25N3O. The van der Waals surface area contributed by atoms with Crippen molar-refractivity contribution in [3.8, 4) is 11.4 Å². The highest BCUT2D eigenvalue weighted by atomic mass is 16.5. The van der Waals surface area contributed by atoms with Crippen LogP contribution in [0.1, 0.15) is 43.5 Å². The molecule has 0 atom stereocenters.